The Hall–Kier alpha value is -2.14. The Morgan fingerprint density at radius 2 is 1.78 bits per heavy atom. The summed E-state index contributed by atoms with van der Waals surface area (Å²) in [6.07, 6.45) is 0. The maximum atomic E-state index is 9.22. The van der Waals surface area contributed by atoms with Gasteiger partial charge < -0.3 is 9.12 Å². The maximum absolute atomic E-state index is 9.22. The van der Waals surface area contributed by atoms with E-state index < -0.39 is 10.4 Å². The van der Waals surface area contributed by atoms with Crippen molar-refractivity contribution in [2.24, 2.45) is 24.3 Å². The minimum absolute atomic E-state index is 0.808. The molecule has 27 heavy (non-hydrogen) atoms. The Balaban J connectivity index is 0.000000380. The average Bonchev–Trinajstić information content (AvgIpc) is 3.02. The second-order valence-electron chi connectivity index (χ2n) is 5.87. The molecule has 8 nitrogen and oxygen atoms in total. The standard InChI is InChI=1S/C16H19N4S.CH4O4S/c1-10-12(3)21-16(20(10)5)18-17-15-11(2)19(4)14-9-7-6-8-13(14)15;1-5-6(2,3)4/h6-9H,1-5H3;1H3,(H,2,3,4)/q+1;/p-1. The van der Waals surface area contributed by atoms with Gasteiger partial charge in [0.05, 0.1) is 29.7 Å². The molecule has 2 aromatic heterocycles. The van der Waals surface area contributed by atoms with Crippen LogP contribution in [-0.4, -0.2) is 24.6 Å². The molecule has 0 aliphatic heterocycles. The Bertz CT molecular complexity index is 1100. The Morgan fingerprint density at radius 1 is 1.19 bits per heavy atom. The zero-order valence-electron chi connectivity index (χ0n) is 16.0. The van der Waals surface area contributed by atoms with Crippen LogP contribution in [0.2, 0.25) is 0 Å². The molecule has 0 N–H and O–H groups in total. The van der Waals surface area contributed by atoms with Crippen molar-refractivity contribution in [3.8, 4) is 0 Å². The predicted molar refractivity (Wildman–Crippen MR) is 104 cm³/mol. The van der Waals surface area contributed by atoms with Gasteiger partial charge in [0, 0.05) is 18.1 Å². The molecule has 0 saturated heterocycles. The van der Waals surface area contributed by atoms with E-state index in [1.807, 2.05) is 13.1 Å². The topological polar surface area (TPSA) is 100.0 Å². The van der Waals surface area contributed by atoms with E-state index >= 15 is 0 Å². The first-order valence-corrected chi connectivity index (χ1v) is 10.1. The van der Waals surface area contributed by atoms with Crippen LogP contribution in [0, 0.1) is 20.8 Å². The summed E-state index contributed by atoms with van der Waals surface area (Å²) in [4.78, 5) is 1.28. The van der Waals surface area contributed by atoms with Gasteiger partial charge in [-0.1, -0.05) is 18.2 Å². The molecule has 3 aromatic rings. The van der Waals surface area contributed by atoms with Crippen LogP contribution in [0.3, 0.4) is 0 Å². The van der Waals surface area contributed by atoms with Gasteiger partial charge in [-0.15, -0.1) is 0 Å². The lowest BCUT2D eigenvalue weighted by Crippen LogP contribution is -2.28. The summed E-state index contributed by atoms with van der Waals surface area (Å²) >= 11 is 1.67. The highest BCUT2D eigenvalue weighted by Gasteiger charge is 2.18. The van der Waals surface area contributed by atoms with E-state index in [0.29, 0.717) is 0 Å². The summed E-state index contributed by atoms with van der Waals surface area (Å²) in [5, 5.41) is 11.1. The Morgan fingerprint density at radius 3 is 2.30 bits per heavy atom. The first-order valence-electron chi connectivity index (χ1n) is 8.00. The smallest absolute Gasteiger partial charge is 0.408 e. The maximum Gasteiger partial charge on any atom is 0.408 e. The minimum Gasteiger partial charge on any atom is -0.726 e. The summed E-state index contributed by atoms with van der Waals surface area (Å²) in [5.41, 5.74) is 4.51. The molecule has 0 radical (unpaired) electrons. The number of nitrogens with zero attached hydrogens (tertiary/aromatic N) is 4. The molecule has 0 fully saturated rings. The lowest BCUT2D eigenvalue weighted by molar-refractivity contribution is -0.660. The van der Waals surface area contributed by atoms with Crippen LogP contribution in [-0.2, 0) is 28.7 Å². The van der Waals surface area contributed by atoms with Crippen molar-refractivity contribution in [3.63, 3.8) is 0 Å². The molecule has 0 aliphatic carbocycles. The predicted octanol–water partition coefficient (Wildman–Crippen LogP) is 3.50. The van der Waals surface area contributed by atoms with Crippen molar-refractivity contribution >= 4 is 43.5 Å². The van der Waals surface area contributed by atoms with Crippen molar-refractivity contribution in [2.75, 3.05) is 7.11 Å². The second kappa shape index (κ2) is 8.26. The van der Waals surface area contributed by atoms with Crippen LogP contribution in [0.5, 0.6) is 0 Å². The van der Waals surface area contributed by atoms with Gasteiger partial charge in [0.2, 0.25) is 10.4 Å². The van der Waals surface area contributed by atoms with E-state index in [-0.39, 0.29) is 0 Å². The fourth-order valence-electron chi connectivity index (χ4n) is 2.47. The molecule has 3 rings (SSSR count). The van der Waals surface area contributed by atoms with Crippen molar-refractivity contribution in [3.05, 3.63) is 40.5 Å². The monoisotopic (exact) mass is 410 g/mol. The number of benzene rings is 1. The molecule has 0 bridgehead atoms. The molecule has 2 heterocycles. The summed E-state index contributed by atoms with van der Waals surface area (Å²) < 4.78 is 35.3. The molecule has 0 saturated carbocycles. The van der Waals surface area contributed by atoms with Crippen LogP contribution < -0.4 is 4.57 Å². The minimum atomic E-state index is -4.41. The van der Waals surface area contributed by atoms with Crippen molar-refractivity contribution in [2.45, 2.75) is 20.8 Å². The number of hydrogen-bond donors (Lipinski definition) is 0. The van der Waals surface area contributed by atoms with Gasteiger partial charge in [0.1, 0.15) is 11.4 Å². The van der Waals surface area contributed by atoms with E-state index in [1.54, 1.807) is 11.3 Å². The third-order valence-corrected chi connectivity index (χ3v) is 5.90. The number of thiazole rings is 1. The normalized spacial score (nSPS) is 11.8. The molecule has 0 amide bonds. The highest BCUT2D eigenvalue weighted by molar-refractivity contribution is 7.80. The van der Waals surface area contributed by atoms with Crippen molar-refractivity contribution in [1.29, 1.82) is 0 Å². The van der Waals surface area contributed by atoms with Crippen LogP contribution in [0.25, 0.3) is 10.9 Å². The summed E-state index contributed by atoms with van der Waals surface area (Å²) in [6.45, 7) is 6.30. The highest BCUT2D eigenvalue weighted by Crippen LogP contribution is 2.33. The molecule has 0 unspecified atom stereocenters. The molecule has 1 aromatic carbocycles. The van der Waals surface area contributed by atoms with Gasteiger partial charge >= 0.3 is 5.13 Å². The highest BCUT2D eigenvalue weighted by atomic mass is 32.3. The molecule has 0 aliphatic rings. The van der Waals surface area contributed by atoms with Crippen molar-refractivity contribution in [1.82, 2.24) is 4.57 Å². The van der Waals surface area contributed by atoms with E-state index in [9.17, 15) is 13.0 Å². The number of azo groups is 1. The molecule has 0 atom stereocenters. The molecule has 0 spiro atoms. The second-order valence-corrected chi connectivity index (χ2v) is 8.20. The van der Waals surface area contributed by atoms with Gasteiger partial charge in [-0.25, -0.2) is 13.0 Å². The molecule has 10 heteroatoms. The lowest BCUT2D eigenvalue weighted by Gasteiger charge is -1.98. The number of aryl methyl sites for hydroxylation is 2. The lowest BCUT2D eigenvalue weighted by atomic mass is 10.2. The zero-order chi connectivity index (χ0) is 20.4. The Labute approximate surface area is 162 Å². The number of fused-ring (bicyclic) bond motifs is 1. The number of aromatic nitrogens is 2. The van der Waals surface area contributed by atoms with Crippen LogP contribution in [0.15, 0.2) is 34.5 Å². The SMILES string of the molecule is COS(=O)(=O)[O-].Cc1sc(N=Nc2c(C)n(C)c3ccccc23)[n+](C)c1C. The average molecular weight is 411 g/mol. The van der Waals surface area contributed by atoms with Gasteiger partial charge in [-0.2, -0.15) is 0 Å². The fourth-order valence-corrected chi connectivity index (χ4v) is 3.38. The van der Waals surface area contributed by atoms with Crippen molar-refractivity contribution < 1.29 is 21.7 Å². The third kappa shape index (κ3) is 4.78. The van der Waals surface area contributed by atoms with Gasteiger partial charge in [-0.3, -0.25) is 4.18 Å². The van der Waals surface area contributed by atoms with E-state index in [4.69, 9.17) is 0 Å². The fraction of sp³-hybridized carbons (Fsp3) is 0.353. The van der Waals surface area contributed by atoms with E-state index in [0.717, 1.165) is 29.0 Å². The number of para-hydroxylation sites is 1. The van der Waals surface area contributed by atoms with Gasteiger partial charge in [0.25, 0.3) is 0 Å². The van der Waals surface area contributed by atoms with Crippen LogP contribution in [0.4, 0.5) is 10.8 Å². The third-order valence-electron chi connectivity index (χ3n) is 4.35. The summed E-state index contributed by atoms with van der Waals surface area (Å²) in [5.74, 6) is 0. The van der Waals surface area contributed by atoms with Crippen LogP contribution in [0.1, 0.15) is 16.3 Å². The van der Waals surface area contributed by atoms with Gasteiger partial charge in [-0.05, 0) is 43.3 Å². The molecular formula is C17H22N4O4S2. The quantitative estimate of drug-likeness (QED) is 0.285. The molecular weight excluding hydrogens is 388 g/mol. The van der Waals surface area contributed by atoms with Gasteiger partial charge in [0.15, 0.2) is 0 Å². The van der Waals surface area contributed by atoms with E-state index in [2.05, 4.69) is 69.6 Å². The van der Waals surface area contributed by atoms with Crippen LogP contribution >= 0.6 is 11.3 Å². The van der Waals surface area contributed by atoms with E-state index in [1.165, 1.54) is 16.1 Å². The number of rotatable bonds is 3. The number of hydrogen-bond acceptors (Lipinski definition) is 7. The first kappa shape index (κ1) is 21.2. The Kier molecular flexibility index (Phi) is 6.47. The first-order chi connectivity index (χ1) is 12.6. The summed E-state index contributed by atoms with van der Waals surface area (Å²) in [7, 11) is 0.492. The molecule has 146 valence electrons. The summed E-state index contributed by atoms with van der Waals surface area (Å²) in [6, 6.07) is 8.30. The largest absolute Gasteiger partial charge is 0.726 e. The zero-order valence-corrected chi connectivity index (χ0v) is 17.7.